The van der Waals surface area contributed by atoms with Crippen LogP contribution in [0.4, 0.5) is 0 Å². The summed E-state index contributed by atoms with van der Waals surface area (Å²) in [5, 5.41) is 7.71. The van der Waals surface area contributed by atoms with Crippen molar-refractivity contribution in [3.63, 3.8) is 0 Å². The van der Waals surface area contributed by atoms with Gasteiger partial charge in [0.05, 0.1) is 17.0 Å². The van der Waals surface area contributed by atoms with Gasteiger partial charge in [-0.1, -0.05) is 53.9 Å². The lowest BCUT2D eigenvalue weighted by atomic mass is 9.93. The summed E-state index contributed by atoms with van der Waals surface area (Å²) >= 11 is 0. The molecule has 5 nitrogen and oxygen atoms in total. The quantitative estimate of drug-likeness (QED) is 0.783. The van der Waals surface area contributed by atoms with Crippen LogP contribution in [-0.4, -0.2) is 27.0 Å². The maximum atomic E-state index is 12.5. The highest BCUT2D eigenvalue weighted by Crippen LogP contribution is 2.23. The molecule has 0 aromatic carbocycles. The van der Waals surface area contributed by atoms with E-state index in [4.69, 9.17) is 5.10 Å². The Morgan fingerprint density at radius 2 is 1.96 bits per heavy atom. The highest BCUT2D eigenvalue weighted by atomic mass is 16.1. The van der Waals surface area contributed by atoms with Gasteiger partial charge < -0.3 is 5.32 Å². The highest BCUT2D eigenvalue weighted by molar-refractivity contribution is 5.95. The van der Waals surface area contributed by atoms with Crippen molar-refractivity contribution >= 4 is 11.6 Å². The molecule has 1 N–H and O–H groups in total. The molecule has 0 spiro atoms. The fourth-order valence-electron chi connectivity index (χ4n) is 2.73. The molecule has 0 bridgehead atoms. The number of carbonyl (C=O) groups is 1. The average molecular weight is 330 g/mol. The Kier molecular flexibility index (Phi) is 5.97. The van der Waals surface area contributed by atoms with E-state index in [0.717, 1.165) is 36.3 Å². The monoisotopic (exact) mass is 330 g/mol. The Labute approximate surface area is 144 Å². The Hall–Kier alpha value is -1.91. The van der Waals surface area contributed by atoms with E-state index in [2.05, 4.69) is 38.0 Å². The van der Waals surface area contributed by atoms with E-state index >= 15 is 0 Å². The zero-order valence-corrected chi connectivity index (χ0v) is 15.6. The normalized spacial score (nSPS) is 11.9. The van der Waals surface area contributed by atoms with Gasteiger partial charge in [-0.25, -0.2) is 9.50 Å². The van der Waals surface area contributed by atoms with Gasteiger partial charge in [-0.15, -0.1) is 0 Å². The van der Waals surface area contributed by atoms with Crippen LogP contribution < -0.4 is 5.32 Å². The number of amides is 1. The zero-order chi connectivity index (χ0) is 17.7. The van der Waals surface area contributed by atoms with Crippen LogP contribution in [0.15, 0.2) is 12.3 Å². The second-order valence-electron chi connectivity index (χ2n) is 7.34. The summed E-state index contributed by atoms with van der Waals surface area (Å²) in [5.41, 5.74) is 3.30. The number of hydrogen-bond donors (Lipinski definition) is 1. The topological polar surface area (TPSA) is 59.3 Å². The lowest BCUT2D eigenvalue weighted by Crippen LogP contribution is -2.26. The first-order chi connectivity index (χ1) is 11.4. The van der Waals surface area contributed by atoms with Gasteiger partial charge in [0.1, 0.15) is 0 Å². The first kappa shape index (κ1) is 18.4. The van der Waals surface area contributed by atoms with Crippen molar-refractivity contribution in [3.8, 4) is 0 Å². The van der Waals surface area contributed by atoms with Crippen molar-refractivity contribution in [2.45, 2.75) is 72.1 Å². The minimum Gasteiger partial charge on any atom is -0.352 e. The van der Waals surface area contributed by atoms with Gasteiger partial charge in [-0.05, 0) is 12.8 Å². The number of aromatic nitrogens is 3. The zero-order valence-electron chi connectivity index (χ0n) is 15.6. The van der Waals surface area contributed by atoms with Gasteiger partial charge in [-0.3, -0.25) is 4.79 Å². The standard InChI is InChI=1S/C19H30N4O/c1-6-8-9-10-11-20-18(24)14-13-21-17-12-16(19(3,4)5)22-23(17)15(14)7-2/h12-13H,6-11H2,1-5H3,(H,20,24). The molecular formula is C19H30N4O. The third kappa shape index (κ3) is 4.13. The second kappa shape index (κ2) is 7.77. The average Bonchev–Trinajstić information content (AvgIpc) is 2.98. The Morgan fingerprint density at radius 1 is 1.21 bits per heavy atom. The molecule has 0 aliphatic rings. The van der Waals surface area contributed by atoms with E-state index in [1.165, 1.54) is 12.8 Å². The van der Waals surface area contributed by atoms with Crippen LogP contribution in [0.2, 0.25) is 0 Å². The van der Waals surface area contributed by atoms with Crippen molar-refractivity contribution in [1.29, 1.82) is 0 Å². The number of carbonyl (C=O) groups excluding carboxylic acids is 1. The maximum absolute atomic E-state index is 12.5. The lowest BCUT2D eigenvalue weighted by Gasteiger charge is -2.14. The van der Waals surface area contributed by atoms with Crippen molar-refractivity contribution in [1.82, 2.24) is 19.9 Å². The first-order valence-corrected chi connectivity index (χ1v) is 9.04. The van der Waals surface area contributed by atoms with Gasteiger partial charge in [0.25, 0.3) is 5.91 Å². The molecule has 1 amide bonds. The Balaban J connectivity index is 2.22. The molecule has 0 saturated heterocycles. The summed E-state index contributed by atoms with van der Waals surface area (Å²) in [6.07, 6.45) is 7.01. The fraction of sp³-hybridized carbons (Fsp3) is 0.632. The Morgan fingerprint density at radius 3 is 2.58 bits per heavy atom. The van der Waals surface area contributed by atoms with E-state index < -0.39 is 0 Å². The van der Waals surface area contributed by atoms with Crippen LogP contribution in [0.25, 0.3) is 5.65 Å². The number of fused-ring (bicyclic) bond motifs is 1. The molecule has 0 aliphatic heterocycles. The lowest BCUT2D eigenvalue weighted by molar-refractivity contribution is 0.0951. The van der Waals surface area contributed by atoms with E-state index in [9.17, 15) is 4.79 Å². The van der Waals surface area contributed by atoms with Gasteiger partial charge in [0, 0.05) is 24.2 Å². The summed E-state index contributed by atoms with van der Waals surface area (Å²) in [4.78, 5) is 17.0. The Bertz CT molecular complexity index is 697. The predicted octanol–water partition coefficient (Wildman–Crippen LogP) is 3.90. The third-order valence-electron chi connectivity index (χ3n) is 4.25. The van der Waals surface area contributed by atoms with Crippen LogP contribution in [0.5, 0.6) is 0 Å². The number of rotatable bonds is 7. The molecule has 2 aromatic rings. The van der Waals surface area contributed by atoms with Crippen molar-refractivity contribution in [2.75, 3.05) is 6.54 Å². The smallest absolute Gasteiger partial charge is 0.254 e. The SMILES string of the molecule is CCCCCCNC(=O)c1cnc2cc(C(C)(C)C)nn2c1CC. The second-order valence-corrected chi connectivity index (χ2v) is 7.34. The summed E-state index contributed by atoms with van der Waals surface area (Å²) in [5.74, 6) is -0.0504. The molecule has 132 valence electrons. The van der Waals surface area contributed by atoms with Crippen LogP contribution in [0.1, 0.15) is 82.0 Å². The molecule has 0 radical (unpaired) electrons. The fourth-order valence-corrected chi connectivity index (χ4v) is 2.73. The van der Waals surface area contributed by atoms with Crippen LogP contribution in [0.3, 0.4) is 0 Å². The summed E-state index contributed by atoms with van der Waals surface area (Å²) < 4.78 is 1.83. The van der Waals surface area contributed by atoms with Crippen LogP contribution >= 0.6 is 0 Å². The van der Waals surface area contributed by atoms with E-state index in [1.807, 2.05) is 17.5 Å². The van der Waals surface area contributed by atoms with Crippen LogP contribution in [0, 0.1) is 0 Å². The molecule has 0 aliphatic carbocycles. The summed E-state index contributed by atoms with van der Waals surface area (Å²) in [6, 6.07) is 2.01. The van der Waals surface area contributed by atoms with Crippen molar-refractivity contribution in [3.05, 3.63) is 29.2 Å². The largest absolute Gasteiger partial charge is 0.352 e. The summed E-state index contributed by atoms with van der Waals surface area (Å²) in [6.45, 7) is 11.3. The number of nitrogens with zero attached hydrogens (tertiary/aromatic N) is 3. The number of nitrogens with one attached hydrogen (secondary N) is 1. The van der Waals surface area contributed by atoms with Gasteiger partial charge in [0.2, 0.25) is 0 Å². The highest BCUT2D eigenvalue weighted by Gasteiger charge is 2.21. The van der Waals surface area contributed by atoms with E-state index in [1.54, 1.807) is 6.20 Å². The van der Waals surface area contributed by atoms with Crippen molar-refractivity contribution < 1.29 is 4.79 Å². The number of hydrogen-bond acceptors (Lipinski definition) is 3. The number of unbranched alkanes of at least 4 members (excludes halogenated alkanes) is 3. The minimum atomic E-state index is -0.0504. The van der Waals surface area contributed by atoms with Gasteiger partial charge in [-0.2, -0.15) is 5.10 Å². The molecule has 2 aromatic heterocycles. The number of aryl methyl sites for hydroxylation is 1. The first-order valence-electron chi connectivity index (χ1n) is 9.04. The van der Waals surface area contributed by atoms with Gasteiger partial charge >= 0.3 is 0 Å². The molecule has 24 heavy (non-hydrogen) atoms. The molecule has 2 heterocycles. The minimum absolute atomic E-state index is 0.0413. The van der Waals surface area contributed by atoms with E-state index in [0.29, 0.717) is 12.1 Å². The predicted molar refractivity (Wildman–Crippen MR) is 97.5 cm³/mol. The molecule has 0 atom stereocenters. The molecule has 0 unspecified atom stereocenters. The molecule has 0 saturated carbocycles. The maximum Gasteiger partial charge on any atom is 0.254 e. The van der Waals surface area contributed by atoms with Crippen molar-refractivity contribution in [2.24, 2.45) is 0 Å². The molecule has 5 heteroatoms. The van der Waals surface area contributed by atoms with Crippen LogP contribution in [-0.2, 0) is 11.8 Å². The van der Waals surface area contributed by atoms with Gasteiger partial charge in [0.15, 0.2) is 5.65 Å². The molecule has 2 rings (SSSR count). The summed E-state index contributed by atoms with van der Waals surface area (Å²) in [7, 11) is 0. The molecular weight excluding hydrogens is 300 g/mol. The molecule has 0 fully saturated rings. The van der Waals surface area contributed by atoms with E-state index in [-0.39, 0.29) is 11.3 Å². The third-order valence-corrected chi connectivity index (χ3v) is 4.25.